The van der Waals surface area contributed by atoms with Gasteiger partial charge in [-0.2, -0.15) is 0 Å². The standard InChI is InChI=1S/C15H19BrN2OS/c1-5-18-14(20)17-12-9(3)15(18,4)19-13-10(12)6-8(2)7-11(13)16/h6-7,9,12H,5H2,1-4H3,(H,17,20). The molecule has 1 aromatic rings. The van der Waals surface area contributed by atoms with Crippen molar-refractivity contribution in [3.05, 3.63) is 27.7 Å². The van der Waals surface area contributed by atoms with E-state index in [2.05, 4.69) is 66.0 Å². The second-order valence-electron chi connectivity index (χ2n) is 5.78. The predicted octanol–water partition coefficient (Wildman–Crippen LogP) is 3.75. The van der Waals surface area contributed by atoms with Gasteiger partial charge in [-0.05, 0) is 60.5 Å². The molecule has 0 radical (unpaired) electrons. The van der Waals surface area contributed by atoms with Crippen LogP contribution in [-0.4, -0.2) is 22.3 Å². The highest BCUT2D eigenvalue weighted by molar-refractivity contribution is 9.10. The summed E-state index contributed by atoms with van der Waals surface area (Å²) in [6, 6.07) is 4.50. The van der Waals surface area contributed by atoms with Crippen LogP contribution in [-0.2, 0) is 0 Å². The van der Waals surface area contributed by atoms with Crippen molar-refractivity contribution in [2.75, 3.05) is 6.54 Å². The van der Waals surface area contributed by atoms with Crippen LogP contribution in [0.4, 0.5) is 0 Å². The van der Waals surface area contributed by atoms with Gasteiger partial charge in [0, 0.05) is 18.0 Å². The summed E-state index contributed by atoms with van der Waals surface area (Å²) >= 11 is 9.16. The minimum atomic E-state index is -0.396. The molecule has 108 valence electrons. The van der Waals surface area contributed by atoms with E-state index >= 15 is 0 Å². The minimum absolute atomic E-state index is 0.204. The number of rotatable bonds is 1. The van der Waals surface area contributed by atoms with E-state index in [1.807, 2.05) is 0 Å². The summed E-state index contributed by atoms with van der Waals surface area (Å²) in [6.07, 6.45) is 0. The van der Waals surface area contributed by atoms with Gasteiger partial charge >= 0.3 is 0 Å². The largest absolute Gasteiger partial charge is 0.466 e. The molecule has 1 fully saturated rings. The van der Waals surface area contributed by atoms with Gasteiger partial charge in [-0.1, -0.05) is 13.0 Å². The first-order valence-electron chi connectivity index (χ1n) is 6.95. The van der Waals surface area contributed by atoms with Crippen molar-refractivity contribution in [2.24, 2.45) is 5.92 Å². The quantitative estimate of drug-likeness (QED) is 0.776. The number of nitrogens with one attached hydrogen (secondary N) is 1. The summed E-state index contributed by atoms with van der Waals surface area (Å²) in [5.41, 5.74) is 2.02. The number of hydrogen-bond donors (Lipinski definition) is 1. The molecule has 1 saturated heterocycles. The first-order chi connectivity index (χ1) is 9.38. The van der Waals surface area contributed by atoms with Crippen LogP contribution in [0.25, 0.3) is 0 Å². The zero-order chi connectivity index (χ0) is 14.7. The number of aryl methyl sites for hydroxylation is 1. The van der Waals surface area contributed by atoms with E-state index in [-0.39, 0.29) is 6.04 Å². The van der Waals surface area contributed by atoms with Gasteiger partial charge in [-0.15, -0.1) is 0 Å². The second kappa shape index (κ2) is 4.60. The summed E-state index contributed by atoms with van der Waals surface area (Å²) < 4.78 is 7.43. The Morgan fingerprint density at radius 1 is 1.50 bits per heavy atom. The molecule has 3 atom stereocenters. The molecular formula is C15H19BrN2OS. The van der Waals surface area contributed by atoms with Crippen molar-refractivity contribution in [1.29, 1.82) is 0 Å². The van der Waals surface area contributed by atoms with E-state index in [4.69, 9.17) is 17.0 Å². The smallest absolute Gasteiger partial charge is 0.186 e. The average Bonchev–Trinajstić information content (AvgIpc) is 2.36. The monoisotopic (exact) mass is 354 g/mol. The van der Waals surface area contributed by atoms with Gasteiger partial charge in [0.2, 0.25) is 0 Å². The van der Waals surface area contributed by atoms with Crippen LogP contribution in [0.5, 0.6) is 5.75 Å². The maximum absolute atomic E-state index is 6.41. The highest BCUT2D eigenvalue weighted by atomic mass is 79.9. The molecule has 2 aliphatic heterocycles. The van der Waals surface area contributed by atoms with E-state index in [1.54, 1.807) is 0 Å². The molecule has 2 aliphatic rings. The fraction of sp³-hybridized carbons (Fsp3) is 0.533. The van der Waals surface area contributed by atoms with Crippen molar-refractivity contribution in [2.45, 2.75) is 39.5 Å². The van der Waals surface area contributed by atoms with Crippen molar-refractivity contribution >= 4 is 33.3 Å². The Labute approximate surface area is 133 Å². The highest BCUT2D eigenvalue weighted by Gasteiger charge is 2.53. The molecule has 3 unspecified atom stereocenters. The molecule has 0 spiro atoms. The first-order valence-corrected chi connectivity index (χ1v) is 8.15. The Bertz CT molecular complexity index is 591. The van der Waals surface area contributed by atoms with Crippen molar-refractivity contribution < 1.29 is 4.74 Å². The van der Waals surface area contributed by atoms with Gasteiger partial charge in [0.15, 0.2) is 10.8 Å². The lowest BCUT2D eigenvalue weighted by atomic mass is 9.80. The van der Waals surface area contributed by atoms with Crippen LogP contribution in [0.1, 0.15) is 37.9 Å². The van der Waals surface area contributed by atoms with Crippen molar-refractivity contribution in [3.8, 4) is 5.75 Å². The van der Waals surface area contributed by atoms with E-state index < -0.39 is 5.72 Å². The molecule has 20 heavy (non-hydrogen) atoms. The summed E-state index contributed by atoms with van der Waals surface area (Å²) in [5.74, 6) is 1.25. The van der Waals surface area contributed by atoms with Crippen LogP contribution < -0.4 is 10.1 Å². The highest BCUT2D eigenvalue weighted by Crippen LogP contribution is 2.50. The average molecular weight is 355 g/mol. The maximum atomic E-state index is 6.41. The maximum Gasteiger partial charge on any atom is 0.186 e. The van der Waals surface area contributed by atoms with Gasteiger partial charge in [-0.25, -0.2) is 0 Å². The van der Waals surface area contributed by atoms with E-state index in [0.717, 1.165) is 21.9 Å². The summed E-state index contributed by atoms with van der Waals surface area (Å²) in [4.78, 5) is 2.14. The molecule has 0 aliphatic carbocycles. The predicted molar refractivity (Wildman–Crippen MR) is 87.9 cm³/mol. The molecule has 2 bridgehead atoms. The third-order valence-corrected chi connectivity index (χ3v) is 5.51. The summed E-state index contributed by atoms with van der Waals surface area (Å²) in [5, 5.41) is 4.27. The Kier molecular flexibility index (Phi) is 3.25. The summed E-state index contributed by atoms with van der Waals surface area (Å²) in [7, 11) is 0. The molecule has 3 rings (SSSR count). The number of thiocarbonyl (C=S) groups is 1. The normalized spacial score (nSPS) is 31.4. The fourth-order valence-corrected chi connectivity index (χ4v) is 4.45. The lowest BCUT2D eigenvalue weighted by molar-refractivity contribution is -0.109. The van der Waals surface area contributed by atoms with Gasteiger partial charge in [-0.3, -0.25) is 0 Å². The number of benzene rings is 1. The summed E-state index contributed by atoms with van der Waals surface area (Å²) in [6.45, 7) is 9.40. The molecule has 2 heterocycles. The number of ether oxygens (including phenoxy) is 1. The molecule has 1 N–H and O–H groups in total. The molecule has 3 nitrogen and oxygen atoms in total. The Balaban J connectivity index is 2.19. The van der Waals surface area contributed by atoms with E-state index in [1.165, 1.54) is 11.1 Å². The Morgan fingerprint density at radius 3 is 2.85 bits per heavy atom. The van der Waals surface area contributed by atoms with Crippen molar-refractivity contribution in [1.82, 2.24) is 10.2 Å². The number of halogens is 1. The molecular weight excluding hydrogens is 336 g/mol. The lowest BCUT2D eigenvalue weighted by Crippen LogP contribution is -2.68. The zero-order valence-corrected chi connectivity index (χ0v) is 14.6. The first kappa shape index (κ1) is 14.1. The molecule has 0 saturated carbocycles. The Hall–Kier alpha value is -0.810. The Morgan fingerprint density at radius 2 is 2.20 bits per heavy atom. The third kappa shape index (κ3) is 1.79. The van der Waals surface area contributed by atoms with Gasteiger partial charge in [0.1, 0.15) is 5.75 Å². The van der Waals surface area contributed by atoms with Crippen LogP contribution in [0.2, 0.25) is 0 Å². The zero-order valence-electron chi connectivity index (χ0n) is 12.2. The third-order valence-electron chi connectivity index (χ3n) is 4.58. The van der Waals surface area contributed by atoms with Crippen LogP contribution in [0.3, 0.4) is 0 Å². The number of fused-ring (bicyclic) bond motifs is 4. The van der Waals surface area contributed by atoms with Gasteiger partial charge < -0.3 is 15.0 Å². The van der Waals surface area contributed by atoms with Gasteiger partial charge in [0.25, 0.3) is 0 Å². The number of hydrogen-bond acceptors (Lipinski definition) is 2. The van der Waals surface area contributed by atoms with E-state index in [9.17, 15) is 0 Å². The van der Waals surface area contributed by atoms with Crippen molar-refractivity contribution in [3.63, 3.8) is 0 Å². The molecule has 5 heteroatoms. The molecule has 0 amide bonds. The minimum Gasteiger partial charge on any atom is -0.466 e. The van der Waals surface area contributed by atoms with Crippen LogP contribution in [0, 0.1) is 12.8 Å². The SMILES string of the molecule is CCN1C(=S)NC2c3cc(C)cc(Br)c3OC1(C)C2C. The topological polar surface area (TPSA) is 24.5 Å². The van der Waals surface area contributed by atoms with Crippen LogP contribution >= 0.6 is 28.1 Å². The molecule has 0 aromatic heterocycles. The molecule has 1 aromatic carbocycles. The van der Waals surface area contributed by atoms with Crippen LogP contribution in [0.15, 0.2) is 16.6 Å². The fourth-order valence-electron chi connectivity index (χ4n) is 3.35. The lowest BCUT2D eigenvalue weighted by Gasteiger charge is -2.56. The van der Waals surface area contributed by atoms with E-state index in [0.29, 0.717) is 5.92 Å². The number of nitrogens with zero attached hydrogens (tertiary/aromatic N) is 1. The van der Waals surface area contributed by atoms with Gasteiger partial charge in [0.05, 0.1) is 10.5 Å². The second-order valence-corrected chi connectivity index (χ2v) is 7.02.